The summed E-state index contributed by atoms with van der Waals surface area (Å²) in [6.07, 6.45) is 2.41. The van der Waals surface area contributed by atoms with Crippen LogP contribution in [0, 0.1) is 0 Å². The Morgan fingerprint density at radius 2 is 1.96 bits per heavy atom. The molecular weight excluding hydrogens is 334 g/mol. The monoisotopic (exact) mass is 365 g/mol. The summed E-state index contributed by atoms with van der Waals surface area (Å²) >= 11 is 5.95. The summed E-state index contributed by atoms with van der Waals surface area (Å²) in [5.74, 6) is 0.936. The van der Waals surface area contributed by atoms with Crippen LogP contribution in [-0.2, 0) is 6.54 Å². The number of likely N-dealkylation sites (N-methyl/N-ethyl adjacent to an activating group) is 1. The number of hydrogen-bond donors (Lipinski definition) is 1. The van der Waals surface area contributed by atoms with Crippen LogP contribution < -0.4 is 5.32 Å². The maximum atomic E-state index is 5.95. The van der Waals surface area contributed by atoms with Crippen molar-refractivity contribution < 1.29 is 0 Å². The maximum absolute atomic E-state index is 5.95. The van der Waals surface area contributed by atoms with Crippen LogP contribution in [0.15, 0.2) is 29.3 Å². The molecule has 0 saturated carbocycles. The Bertz CT molecular complexity index is 531. The van der Waals surface area contributed by atoms with Crippen molar-refractivity contribution in [2.45, 2.75) is 19.4 Å². The van der Waals surface area contributed by atoms with Gasteiger partial charge in [-0.25, -0.2) is 0 Å². The molecule has 0 aliphatic carbocycles. The zero-order valence-electron chi connectivity index (χ0n) is 15.8. The van der Waals surface area contributed by atoms with Crippen LogP contribution in [-0.4, -0.2) is 81.1 Å². The van der Waals surface area contributed by atoms with Crippen LogP contribution in [0.2, 0.25) is 5.02 Å². The number of aliphatic imine (C=N–C) groups is 1. The fourth-order valence-electron chi connectivity index (χ4n) is 3.15. The number of nitrogens with one attached hydrogen (secondary N) is 1. The van der Waals surface area contributed by atoms with Gasteiger partial charge in [-0.3, -0.25) is 4.99 Å². The molecule has 0 aromatic heterocycles. The quantitative estimate of drug-likeness (QED) is 0.477. The van der Waals surface area contributed by atoms with Crippen molar-refractivity contribution >= 4 is 17.6 Å². The van der Waals surface area contributed by atoms with Gasteiger partial charge in [-0.05, 0) is 57.2 Å². The molecule has 1 saturated heterocycles. The number of benzene rings is 1. The molecule has 25 heavy (non-hydrogen) atoms. The van der Waals surface area contributed by atoms with E-state index in [0.29, 0.717) is 0 Å². The Balaban J connectivity index is 1.69. The van der Waals surface area contributed by atoms with Gasteiger partial charge in [0.2, 0.25) is 0 Å². The summed E-state index contributed by atoms with van der Waals surface area (Å²) in [5.41, 5.74) is 1.23. The molecule has 1 fully saturated rings. The second-order valence-electron chi connectivity index (χ2n) is 6.81. The topological polar surface area (TPSA) is 34.1 Å². The van der Waals surface area contributed by atoms with E-state index in [2.05, 4.69) is 51.2 Å². The number of rotatable bonds is 6. The van der Waals surface area contributed by atoms with E-state index in [0.717, 1.165) is 37.0 Å². The smallest absolute Gasteiger partial charge is 0.193 e. The molecule has 1 aliphatic heterocycles. The lowest BCUT2D eigenvalue weighted by Crippen LogP contribution is -2.40. The predicted molar refractivity (Wildman–Crippen MR) is 107 cm³/mol. The molecule has 0 amide bonds. The van der Waals surface area contributed by atoms with Gasteiger partial charge in [-0.15, -0.1) is 0 Å². The molecule has 1 N–H and O–H groups in total. The van der Waals surface area contributed by atoms with Crippen LogP contribution in [0.1, 0.15) is 18.4 Å². The predicted octanol–water partition coefficient (Wildman–Crippen LogP) is 2.37. The molecule has 0 bridgehead atoms. The molecule has 0 radical (unpaired) electrons. The summed E-state index contributed by atoms with van der Waals surface area (Å²) in [4.78, 5) is 11.5. The lowest BCUT2D eigenvalue weighted by molar-refractivity contribution is 0.273. The molecule has 1 aliphatic rings. The minimum absolute atomic E-state index is 0.772. The molecule has 6 heteroatoms. The number of halogens is 1. The maximum Gasteiger partial charge on any atom is 0.193 e. The van der Waals surface area contributed by atoms with Crippen LogP contribution in [0.3, 0.4) is 0 Å². The van der Waals surface area contributed by atoms with E-state index in [-0.39, 0.29) is 0 Å². The third kappa shape index (κ3) is 7.22. The van der Waals surface area contributed by atoms with Gasteiger partial charge in [0.1, 0.15) is 0 Å². The van der Waals surface area contributed by atoms with E-state index in [9.17, 15) is 0 Å². The van der Waals surface area contributed by atoms with Crippen molar-refractivity contribution in [1.82, 2.24) is 20.0 Å². The molecule has 0 spiro atoms. The molecule has 1 aromatic rings. The molecule has 1 heterocycles. The average Bonchev–Trinajstić information content (AvgIpc) is 2.81. The highest BCUT2D eigenvalue weighted by atomic mass is 35.5. The third-order valence-electron chi connectivity index (χ3n) is 4.65. The van der Waals surface area contributed by atoms with E-state index in [4.69, 9.17) is 11.6 Å². The van der Waals surface area contributed by atoms with Gasteiger partial charge in [0, 0.05) is 45.3 Å². The summed E-state index contributed by atoms with van der Waals surface area (Å²) in [6.45, 7) is 7.71. The highest BCUT2D eigenvalue weighted by Crippen LogP contribution is 2.11. The second kappa shape index (κ2) is 10.6. The average molecular weight is 366 g/mol. The van der Waals surface area contributed by atoms with Crippen molar-refractivity contribution in [3.8, 4) is 0 Å². The van der Waals surface area contributed by atoms with E-state index in [1.807, 2.05) is 19.2 Å². The zero-order valence-corrected chi connectivity index (χ0v) is 16.6. The highest BCUT2D eigenvalue weighted by molar-refractivity contribution is 6.30. The second-order valence-corrected chi connectivity index (χ2v) is 7.24. The van der Waals surface area contributed by atoms with Gasteiger partial charge in [0.15, 0.2) is 5.96 Å². The molecule has 0 unspecified atom stereocenters. The Hall–Kier alpha value is -1.30. The Kier molecular flexibility index (Phi) is 8.52. The van der Waals surface area contributed by atoms with Crippen LogP contribution >= 0.6 is 11.6 Å². The van der Waals surface area contributed by atoms with Crippen LogP contribution in [0.5, 0.6) is 0 Å². The normalized spacial score (nSPS) is 17.4. The van der Waals surface area contributed by atoms with Gasteiger partial charge >= 0.3 is 0 Å². The largest absolute Gasteiger partial charge is 0.356 e. The van der Waals surface area contributed by atoms with E-state index < -0.39 is 0 Å². The highest BCUT2D eigenvalue weighted by Gasteiger charge is 2.12. The molecular formula is C19H32ClN5. The summed E-state index contributed by atoms with van der Waals surface area (Å²) in [6, 6.07) is 7.98. The van der Waals surface area contributed by atoms with E-state index in [1.54, 1.807) is 0 Å². The minimum atomic E-state index is 0.772. The molecule has 1 aromatic carbocycles. The number of nitrogens with zero attached hydrogens (tertiary/aromatic N) is 4. The van der Waals surface area contributed by atoms with Crippen molar-refractivity contribution in [2.24, 2.45) is 4.99 Å². The molecule has 5 nitrogen and oxygen atoms in total. The lowest BCUT2D eigenvalue weighted by Gasteiger charge is -2.23. The van der Waals surface area contributed by atoms with Crippen LogP contribution in [0.4, 0.5) is 0 Å². The molecule has 2 rings (SSSR count). The third-order valence-corrected chi connectivity index (χ3v) is 4.90. The fraction of sp³-hybridized carbons (Fsp3) is 0.632. The van der Waals surface area contributed by atoms with Gasteiger partial charge in [0.25, 0.3) is 0 Å². The minimum Gasteiger partial charge on any atom is -0.356 e. The first-order valence-corrected chi connectivity index (χ1v) is 9.53. The van der Waals surface area contributed by atoms with Gasteiger partial charge in [-0.2, -0.15) is 0 Å². The SMILES string of the molecule is CN=C(NCCCN1CCCN(C)CC1)N(C)Cc1ccc(Cl)cc1. The van der Waals surface area contributed by atoms with E-state index in [1.165, 1.54) is 38.2 Å². The molecule has 0 atom stereocenters. The number of hydrogen-bond acceptors (Lipinski definition) is 3. The lowest BCUT2D eigenvalue weighted by atomic mass is 10.2. The zero-order chi connectivity index (χ0) is 18.1. The van der Waals surface area contributed by atoms with Gasteiger partial charge in [-0.1, -0.05) is 23.7 Å². The standard InChI is InChI=1S/C19H32ClN5/c1-21-19(24(3)16-17-6-8-18(20)9-7-17)22-10-4-12-25-13-5-11-23(2)14-15-25/h6-9H,4-5,10-16H2,1-3H3,(H,21,22). The van der Waals surface area contributed by atoms with Gasteiger partial charge in [0.05, 0.1) is 0 Å². The molecule has 140 valence electrons. The van der Waals surface area contributed by atoms with Crippen molar-refractivity contribution in [3.63, 3.8) is 0 Å². The van der Waals surface area contributed by atoms with Gasteiger partial charge < -0.3 is 20.0 Å². The van der Waals surface area contributed by atoms with Crippen molar-refractivity contribution in [1.29, 1.82) is 0 Å². The fourth-order valence-corrected chi connectivity index (χ4v) is 3.28. The summed E-state index contributed by atoms with van der Waals surface area (Å²) in [5, 5.41) is 4.25. The van der Waals surface area contributed by atoms with Crippen molar-refractivity contribution in [2.75, 3.05) is 60.4 Å². The first-order valence-electron chi connectivity index (χ1n) is 9.15. The Morgan fingerprint density at radius 1 is 1.20 bits per heavy atom. The first-order chi connectivity index (χ1) is 12.1. The summed E-state index contributed by atoms with van der Waals surface area (Å²) < 4.78 is 0. The number of guanidine groups is 1. The van der Waals surface area contributed by atoms with Crippen molar-refractivity contribution in [3.05, 3.63) is 34.9 Å². The Morgan fingerprint density at radius 3 is 2.68 bits per heavy atom. The van der Waals surface area contributed by atoms with Crippen LogP contribution in [0.25, 0.3) is 0 Å². The van der Waals surface area contributed by atoms with E-state index >= 15 is 0 Å². The summed E-state index contributed by atoms with van der Waals surface area (Å²) in [7, 11) is 6.12. The first kappa shape index (κ1) is 20.0. The Labute approximate surface area is 157 Å².